The van der Waals surface area contributed by atoms with Crippen molar-refractivity contribution in [1.82, 2.24) is 5.23 Å². The van der Waals surface area contributed by atoms with Crippen molar-refractivity contribution in [3.8, 4) is 0 Å². The number of nitrogens with zero attached hydrogens (tertiary/aromatic N) is 1. The number of carbonyl (C=O) groups is 2. The monoisotopic (exact) mass is 333 g/mol. The van der Waals surface area contributed by atoms with Gasteiger partial charge in [-0.2, -0.15) is 25.3 Å². The summed E-state index contributed by atoms with van der Waals surface area (Å²) in [4.78, 5) is 31.3. The molecule has 0 aliphatic rings. The molecule has 0 bridgehead atoms. The van der Waals surface area contributed by atoms with Crippen molar-refractivity contribution in [2.24, 2.45) is 0 Å². The number of aliphatic hydroxyl groups is 1. The number of carbonyl (C=O) groups excluding carboxylic acids is 2. The molecule has 1 N–H and O–H groups in total. The molecule has 0 rings (SSSR count). The van der Waals surface area contributed by atoms with Gasteiger partial charge in [0.25, 0.3) is 0 Å². The molecule has 0 aromatic heterocycles. The minimum Gasteiger partial charge on any atom is -0.394 e. The van der Waals surface area contributed by atoms with Crippen molar-refractivity contribution in [2.75, 3.05) is 24.7 Å². The summed E-state index contributed by atoms with van der Waals surface area (Å²) < 4.78 is 4.42. The Balaban J connectivity index is 4.29. The van der Waals surface area contributed by atoms with E-state index in [-0.39, 0.29) is 29.0 Å². The molecule has 0 amide bonds. The largest absolute Gasteiger partial charge is 0.394 e. The van der Waals surface area contributed by atoms with Crippen LogP contribution in [0.15, 0.2) is 0 Å². The Bertz CT molecular complexity index is 302. The number of thiol groups is 2. The molecule has 0 atom stereocenters. The van der Waals surface area contributed by atoms with E-state index in [1.54, 1.807) is 0 Å². The molecule has 18 heavy (non-hydrogen) atoms. The summed E-state index contributed by atoms with van der Waals surface area (Å²) in [5.74, 6) is -1.65. The molecule has 0 unspecified atom stereocenters. The Kier molecular flexibility index (Phi) is 10.6. The van der Waals surface area contributed by atoms with E-state index in [1.165, 1.54) is 0 Å². The summed E-state index contributed by atoms with van der Waals surface area (Å²) in [7, 11) is 0. The van der Waals surface area contributed by atoms with Crippen LogP contribution in [-0.4, -0.2) is 51.3 Å². The number of aliphatic hydroxyl groups excluding tert-OH is 1. The fraction of sp³-hybridized carbons (Fsp3) is 0.571. The van der Waals surface area contributed by atoms with Crippen LogP contribution in [0.1, 0.15) is 0 Å². The van der Waals surface area contributed by atoms with Crippen molar-refractivity contribution in [3.05, 3.63) is 0 Å². The van der Waals surface area contributed by atoms with Gasteiger partial charge in [0.2, 0.25) is 4.32 Å². The molecular formula is C7H11NO6S4. The quantitative estimate of drug-likeness (QED) is 0.279. The molecule has 0 aromatic carbocycles. The molecular weight excluding hydrogens is 322 g/mol. The maximum absolute atomic E-state index is 11.0. The predicted molar refractivity (Wildman–Crippen MR) is 75.0 cm³/mol. The lowest BCUT2D eigenvalue weighted by Crippen LogP contribution is -2.32. The number of hydrogen-bond acceptors (Lipinski definition) is 10. The molecule has 104 valence electrons. The Hall–Kier alpha value is -0.200. The molecule has 0 aliphatic heterocycles. The highest BCUT2D eigenvalue weighted by Gasteiger charge is 2.19. The number of hydroxylamine groups is 2. The SMILES string of the molecule is O=C(CS)OSC(=S)N(OCCO)OC(=O)CS. The van der Waals surface area contributed by atoms with Gasteiger partial charge in [-0.25, -0.2) is 9.63 Å². The second-order valence-electron chi connectivity index (χ2n) is 2.40. The maximum Gasteiger partial charge on any atom is 0.345 e. The first-order chi connectivity index (χ1) is 8.54. The summed E-state index contributed by atoms with van der Waals surface area (Å²) in [5.41, 5.74) is 0. The van der Waals surface area contributed by atoms with Crippen LogP contribution in [0.2, 0.25) is 0 Å². The fourth-order valence-corrected chi connectivity index (χ4v) is 1.28. The Morgan fingerprint density at radius 1 is 1.28 bits per heavy atom. The van der Waals surface area contributed by atoms with E-state index in [0.29, 0.717) is 17.3 Å². The van der Waals surface area contributed by atoms with Crippen LogP contribution in [-0.2, 0) is 23.4 Å². The lowest BCUT2D eigenvalue weighted by atomic mass is 10.8. The Morgan fingerprint density at radius 3 is 2.39 bits per heavy atom. The zero-order valence-electron chi connectivity index (χ0n) is 8.98. The zero-order chi connectivity index (χ0) is 14.0. The molecule has 0 saturated carbocycles. The smallest absolute Gasteiger partial charge is 0.345 e. The standard InChI is InChI=1S/C7H11NO6S4/c9-1-2-12-8(13-5(10)3-15)7(17)18-14-6(11)4-16/h9,15-16H,1-4H2. The predicted octanol–water partition coefficient (Wildman–Crippen LogP) is 0.00640. The van der Waals surface area contributed by atoms with E-state index in [0.717, 1.165) is 0 Å². The highest BCUT2D eigenvalue weighted by atomic mass is 32.2. The van der Waals surface area contributed by atoms with Crippen LogP contribution >= 0.6 is 49.5 Å². The third-order valence-electron chi connectivity index (χ3n) is 1.10. The molecule has 0 heterocycles. The van der Waals surface area contributed by atoms with Crippen LogP contribution in [0.3, 0.4) is 0 Å². The van der Waals surface area contributed by atoms with Crippen molar-refractivity contribution in [1.29, 1.82) is 0 Å². The molecule has 7 nitrogen and oxygen atoms in total. The normalized spacial score (nSPS) is 9.72. The molecule has 0 spiro atoms. The van der Waals surface area contributed by atoms with Crippen LogP contribution < -0.4 is 0 Å². The van der Waals surface area contributed by atoms with Gasteiger partial charge in [0.15, 0.2) is 0 Å². The molecule has 0 fully saturated rings. The fourth-order valence-electron chi connectivity index (χ4n) is 0.500. The molecule has 0 aliphatic carbocycles. The van der Waals surface area contributed by atoms with E-state index < -0.39 is 11.9 Å². The lowest BCUT2D eigenvalue weighted by Gasteiger charge is -2.19. The molecule has 0 aromatic rings. The first kappa shape index (κ1) is 17.8. The highest BCUT2D eigenvalue weighted by Crippen LogP contribution is 2.13. The van der Waals surface area contributed by atoms with E-state index in [1.807, 2.05) is 0 Å². The Labute approximate surface area is 124 Å². The van der Waals surface area contributed by atoms with E-state index in [4.69, 9.17) is 22.2 Å². The van der Waals surface area contributed by atoms with Gasteiger partial charge < -0.3 is 14.1 Å². The van der Waals surface area contributed by atoms with Crippen molar-refractivity contribution >= 4 is 65.8 Å². The van der Waals surface area contributed by atoms with Crippen molar-refractivity contribution < 1.29 is 28.6 Å². The summed E-state index contributed by atoms with van der Waals surface area (Å²) in [6.45, 7) is -0.459. The van der Waals surface area contributed by atoms with Gasteiger partial charge in [0, 0.05) is 0 Å². The summed E-state index contributed by atoms with van der Waals surface area (Å²) in [6, 6.07) is 0. The van der Waals surface area contributed by atoms with Gasteiger partial charge in [-0.3, -0.25) is 4.79 Å². The zero-order valence-corrected chi connectivity index (χ0v) is 12.4. The third-order valence-corrected chi connectivity index (χ3v) is 2.53. The third kappa shape index (κ3) is 8.00. The van der Waals surface area contributed by atoms with Gasteiger partial charge in [0.1, 0.15) is 18.6 Å². The van der Waals surface area contributed by atoms with Crippen molar-refractivity contribution in [2.45, 2.75) is 0 Å². The molecule has 0 radical (unpaired) electrons. The number of rotatable bonds is 5. The van der Waals surface area contributed by atoms with Crippen LogP contribution in [0.5, 0.6) is 0 Å². The van der Waals surface area contributed by atoms with Gasteiger partial charge in [-0.15, -0.1) is 0 Å². The van der Waals surface area contributed by atoms with Crippen LogP contribution in [0.25, 0.3) is 0 Å². The second kappa shape index (κ2) is 10.7. The number of hydrogen-bond donors (Lipinski definition) is 3. The summed E-state index contributed by atoms with van der Waals surface area (Å²) >= 11 is 12.7. The van der Waals surface area contributed by atoms with E-state index >= 15 is 0 Å². The average Bonchev–Trinajstić information content (AvgIpc) is 2.39. The van der Waals surface area contributed by atoms with Gasteiger partial charge in [0.05, 0.1) is 18.1 Å². The summed E-state index contributed by atoms with van der Waals surface area (Å²) in [6.07, 6.45) is 0. The Morgan fingerprint density at radius 2 is 1.89 bits per heavy atom. The van der Waals surface area contributed by atoms with Crippen LogP contribution in [0.4, 0.5) is 0 Å². The topological polar surface area (TPSA) is 85.3 Å². The van der Waals surface area contributed by atoms with Gasteiger partial charge in [-0.1, -0.05) is 5.23 Å². The molecule has 11 heteroatoms. The minimum absolute atomic E-state index is 0.121. The second-order valence-corrected chi connectivity index (χ2v) is 4.40. The lowest BCUT2D eigenvalue weighted by molar-refractivity contribution is -0.294. The number of thiocarbonyl (C=S) groups is 1. The summed E-state index contributed by atoms with van der Waals surface area (Å²) in [5, 5.41) is 9.16. The van der Waals surface area contributed by atoms with Crippen LogP contribution in [0, 0.1) is 0 Å². The average molecular weight is 333 g/mol. The molecule has 0 saturated heterocycles. The van der Waals surface area contributed by atoms with Gasteiger partial charge in [-0.05, 0) is 12.2 Å². The van der Waals surface area contributed by atoms with Crippen molar-refractivity contribution in [3.63, 3.8) is 0 Å². The maximum atomic E-state index is 11.0. The highest BCUT2D eigenvalue weighted by molar-refractivity contribution is 8.20. The van der Waals surface area contributed by atoms with Gasteiger partial charge >= 0.3 is 11.9 Å². The van der Waals surface area contributed by atoms with E-state index in [2.05, 4.69) is 34.3 Å². The first-order valence-electron chi connectivity index (χ1n) is 4.42. The first-order valence-corrected chi connectivity index (χ1v) is 6.84. The minimum atomic E-state index is -0.722. The van der Waals surface area contributed by atoms with E-state index in [9.17, 15) is 9.59 Å².